The summed E-state index contributed by atoms with van der Waals surface area (Å²) >= 11 is 0. The van der Waals surface area contributed by atoms with Crippen molar-refractivity contribution in [3.05, 3.63) is 35.4 Å². The van der Waals surface area contributed by atoms with Crippen molar-refractivity contribution in [1.82, 2.24) is 5.32 Å². The quantitative estimate of drug-likeness (QED) is 0.824. The highest BCUT2D eigenvalue weighted by Gasteiger charge is 2.24. The van der Waals surface area contributed by atoms with Gasteiger partial charge in [-0.3, -0.25) is 0 Å². The first-order valence-corrected chi connectivity index (χ1v) is 6.27. The molecule has 0 radical (unpaired) electrons. The van der Waals surface area contributed by atoms with Crippen LogP contribution in [0.3, 0.4) is 0 Å². The Kier molecular flexibility index (Phi) is 3.77. The van der Waals surface area contributed by atoms with E-state index in [2.05, 4.69) is 12.2 Å². The summed E-state index contributed by atoms with van der Waals surface area (Å²) in [5.74, 6) is -0.143. The lowest BCUT2D eigenvalue weighted by Crippen LogP contribution is -2.29. The van der Waals surface area contributed by atoms with Gasteiger partial charge in [0.15, 0.2) is 0 Å². The van der Waals surface area contributed by atoms with Crippen LogP contribution in [0.1, 0.15) is 44.7 Å². The summed E-state index contributed by atoms with van der Waals surface area (Å²) in [6.07, 6.45) is 3.80. The minimum atomic E-state index is -0.524. The first-order chi connectivity index (χ1) is 8.06. The highest BCUT2D eigenvalue weighted by molar-refractivity contribution is 5.21. The molecule has 1 aliphatic rings. The normalized spacial score (nSPS) is 19.1. The van der Waals surface area contributed by atoms with E-state index in [1.807, 2.05) is 6.92 Å². The van der Waals surface area contributed by atoms with Crippen LogP contribution >= 0.6 is 0 Å². The fourth-order valence-electron chi connectivity index (χ4n) is 2.29. The van der Waals surface area contributed by atoms with E-state index < -0.39 is 11.6 Å². The molecule has 0 heterocycles. The maximum absolute atomic E-state index is 13.5. The van der Waals surface area contributed by atoms with Crippen LogP contribution in [0.2, 0.25) is 0 Å². The molecular weight excluding hydrogens is 220 g/mol. The van der Waals surface area contributed by atoms with Gasteiger partial charge >= 0.3 is 0 Å². The van der Waals surface area contributed by atoms with Gasteiger partial charge in [-0.05, 0) is 32.3 Å². The van der Waals surface area contributed by atoms with E-state index in [1.165, 1.54) is 25.0 Å². The summed E-state index contributed by atoms with van der Waals surface area (Å²) in [6.45, 7) is 4.04. The molecule has 3 heteroatoms. The Hall–Kier alpha value is -0.960. The van der Waals surface area contributed by atoms with Crippen molar-refractivity contribution in [1.29, 1.82) is 0 Å². The van der Waals surface area contributed by atoms with Gasteiger partial charge in [0.25, 0.3) is 0 Å². The Balaban J connectivity index is 1.95. The van der Waals surface area contributed by atoms with Gasteiger partial charge in [-0.2, -0.15) is 0 Å². The largest absolute Gasteiger partial charge is 0.308 e. The molecule has 0 aliphatic heterocycles. The molecule has 0 amide bonds. The van der Waals surface area contributed by atoms with E-state index in [0.29, 0.717) is 11.6 Å². The zero-order valence-electron chi connectivity index (χ0n) is 10.3. The topological polar surface area (TPSA) is 12.0 Å². The van der Waals surface area contributed by atoms with Crippen LogP contribution in [-0.2, 0) is 0 Å². The minimum absolute atomic E-state index is 0.0793. The van der Waals surface area contributed by atoms with Crippen LogP contribution in [0, 0.1) is 17.6 Å². The van der Waals surface area contributed by atoms with Crippen LogP contribution in [0.15, 0.2) is 18.2 Å². The maximum Gasteiger partial charge on any atom is 0.130 e. The lowest BCUT2D eigenvalue weighted by molar-refractivity contribution is 0.427. The predicted molar refractivity (Wildman–Crippen MR) is 64.7 cm³/mol. The van der Waals surface area contributed by atoms with Crippen LogP contribution in [-0.4, -0.2) is 6.04 Å². The number of hydrogen-bond acceptors (Lipinski definition) is 1. The molecule has 2 rings (SSSR count). The number of halogens is 2. The van der Waals surface area contributed by atoms with Crippen molar-refractivity contribution in [3.8, 4) is 0 Å². The van der Waals surface area contributed by atoms with Gasteiger partial charge in [-0.1, -0.05) is 18.9 Å². The lowest BCUT2D eigenvalue weighted by Gasteiger charge is -2.20. The second kappa shape index (κ2) is 5.13. The zero-order chi connectivity index (χ0) is 12.4. The van der Waals surface area contributed by atoms with Crippen molar-refractivity contribution >= 4 is 0 Å². The van der Waals surface area contributed by atoms with Crippen LogP contribution in [0.4, 0.5) is 8.78 Å². The minimum Gasteiger partial charge on any atom is -0.308 e. The standard InChI is InChI=1S/C14H19F2N/c1-9(7-11-3-4-11)17-10(2)13-6-5-12(15)8-14(13)16/h5-6,8-11,17H,3-4,7H2,1-2H3. The Bertz CT molecular complexity index is 388. The van der Waals surface area contributed by atoms with E-state index in [1.54, 1.807) is 0 Å². The second-order valence-corrected chi connectivity index (χ2v) is 5.13. The summed E-state index contributed by atoms with van der Waals surface area (Å²) in [4.78, 5) is 0. The molecule has 17 heavy (non-hydrogen) atoms. The molecule has 1 fully saturated rings. The Labute approximate surface area is 101 Å². The average Bonchev–Trinajstić information content (AvgIpc) is 3.00. The molecule has 94 valence electrons. The van der Waals surface area contributed by atoms with Gasteiger partial charge in [-0.25, -0.2) is 8.78 Å². The van der Waals surface area contributed by atoms with Gasteiger partial charge < -0.3 is 5.32 Å². The zero-order valence-corrected chi connectivity index (χ0v) is 10.3. The molecule has 2 atom stereocenters. The molecule has 0 aromatic heterocycles. The third-order valence-electron chi connectivity index (χ3n) is 3.35. The van der Waals surface area contributed by atoms with Crippen molar-refractivity contribution in [2.75, 3.05) is 0 Å². The van der Waals surface area contributed by atoms with E-state index in [9.17, 15) is 8.78 Å². The Morgan fingerprint density at radius 2 is 2.00 bits per heavy atom. The lowest BCUT2D eigenvalue weighted by atomic mass is 10.1. The smallest absolute Gasteiger partial charge is 0.130 e. The van der Waals surface area contributed by atoms with Crippen molar-refractivity contribution in [2.45, 2.75) is 45.2 Å². The number of benzene rings is 1. The number of nitrogens with one attached hydrogen (secondary N) is 1. The molecule has 1 aromatic carbocycles. The monoisotopic (exact) mass is 239 g/mol. The predicted octanol–water partition coefficient (Wildman–Crippen LogP) is 3.80. The van der Waals surface area contributed by atoms with E-state index in [0.717, 1.165) is 18.4 Å². The van der Waals surface area contributed by atoms with Crippen molar-refractivity contribution in [3.63, 3.8) is 0 Å². The van der Waals surface area contributed by atoms with E-state index in [-0.39, 0.29) is 6.04 Å². The van der Waals surface area contributed by atoms with Crippen LogP contribution in [0.5, 0.6) is 0 Å². The molecule has 0 spiro atoms. The van der Waals surface area contributed by atoms with Gasteiger partial charge in [0.1, 0.15) is 11.6 Å². The summed E-state index contributed by atoms with van der Waals surface area (Å²) in [5, 5.41) is 3.37. The molecule has 0 saturated heterocycles. The molecule has 1 nitrogen and oxygen atoms in total. The van der Waals surface area contributed by atoms with E-state index in [4.69, 9.17) is 0 Å². The maximum atomic E-state index is 13.5. The fraction of sp³-hybridized carbons (Fsp3) is 0.571. The Morgan fingerprint density at radius 3 is 2.59 bits per heavy atom. The summed E-state index contributed by atoms with van der Waals surface area (Å²) in [5.41, 5.74) is 0.536. The van der Waals surface area contributed by atoms with Crippen LogP contribution < -0.4 is 5.32 Å². The first-order valence-electron chi connectivity index (χ1n) is 6.27. The molecule has 2 unspecified atom stereocenters. The highest BCUT2D eigenvalue weighted by Crippen LogP contribution is 2.33. The fourth-order valence-corrected chi connectivity index (χ4v) is 2.29. The molecule has 1 aliphatic carbocycles. The third-order valence-corrected chi connectivity index (χ3v) is 3.35. The summed E-state index contributed by atoms with van der Waals surface area (Å²) in [7, 11) is 0. The van der Waals surface area contributed by atoms with Crippen molar-refractivity contribution in [2.24, 2.45) is 5.92 Å². The second-order valence-electron chi connectivity index (χ2n) is 5.13. The summed E-state index contributed by atoms with van der Waals surface area (Å²) < 4.78 is 26.3. The molecule has 1 N–H and O–H groups in total. The van der Waals surface area contributed by atoms with Gasteiger partial charge in [0, 0.05) is 23.7 Å². The third kappa shape index (κ3) is 3.50. The van der Waals surface area contributed by atoms with Gasteiger partial charge in [0.05, 0.1) is 0 Å². The first kappa shape index (κ1) is 12.5. The van der Waals surface area contributed by atoms with Crippen molar-refractivity contribution < 1.29 is 8.78 Å². The Morgan fingerprint density at radius 1 is 1.29 bits per heavy atom. The van der Waals surface area contributed by atoms with Gasteiger partial charge in [0.2, 0.25) is 0 Å². The number of hydrogen-bond donors (Lipinski definition) is 1. The molecule has 0 bridgehead atoms. The number of rotatable bonds is 5. The highest BCUT2D eigenvalue weighted by atomic mass is 19.1. The summed E-state index contributed by atoms with van der Waals surface area (Å²) in [6, 6.07) is 4.07. The average molecular weight is 239 g/mol. The molecular formula is C14H19F2N. The molecule has 1 aromatic rings. The SMILES string of the molecule is CC(CC1CC1)NC(C)c1ccc(F)cc1F. The van der Waals surface area contributed by atoms with Crippen LogP contribution in [0.25, 0.3) is 0 Å². The van der Waals surface area contributed by atoms with Gasteiger partial charge in [-0.15, -0.1) is 0 Å². The van der Waals surface area contributed by atoms with E-state index >= 15 is 0 Å². The molecule has 1 saturated carbocycles.